The van der Waals surface area contributed by atoms with Crippen molar-refractivity contribution in [3.63, 3.8) is 0 Å². The number of benzene rings is 1. The molecule has 2 aromatic rings. The Hall–Kier alpha value is -2.82. The van der Waals surface area contributed by atoms with Crippen LogP contribution in [0.3, 0.4) is 0 Å². The second-order valence-electron chi connectivity index (χ2n) is 4.71. The summed E-state index contributed by atoms with van der Waals surface area (Å²) in [5.74, 6) is 1.88. The summed E-state index contributed by atoms with van der Waals surface area (Å²) in [6.07, 6.45) is 5.04. The Bertz CT molecular complexity index is 693. The van der Waals surface area contributed by atoms with Gasteiger partial charge in [-0.25, -0.2) is 15.1 Å². The zero-order valence-corrected chi connectivity index (χ0v) is 11.6. The number of carbonyl (C=O) groups is 1. The van der Waals surface area contributed by atoms with Crippen molar-refractivity contribution in [1.29, 1.82) is 0 Å². The van der Waals surface area contributed by atoms with Crippen molar-refractivity contribution < 1.29 is 19.3 Å². The van der Waals surface area contributed by atoms with Gasteiger partial charge in [0.15, 0.2) is 11.5 Å². The number of rotatable bonds is 3. The van der Waals surface area contributed by atoms with Crippen molar-refractivity contribution in [2.45, 2.75) is 6.92 Å². The summed E-state index contributed by atoms with van der Waals surface area (Å²) >= 11 is 0. The molecule has 0 unspecified atom stereocenters. The summed E-state index contributed by atoms with van der Waals surface area (Å²) in [5.41, 5.74) is 1.98. The van der Waals surface area contributed by atoms with E-state index in [0.717, 1.165) is 16.9 Å². The molecule has 5 heteroatoms. The monoisotopic (exact) mass is 283 g/mol. The molecule has 21 heavy (non-hydrogen) atoms. The van der Waals surface area contributed by atoms with Gasteiger partial charge in [-0.05, 0) is 42.3 Å². The first-order chi connectivity index (χ1) is 10.2. The van der Waals surface area contributed by atoms with Gasteiger partial charge in [0.25, 0.3) is 5.82 Å². The number of fused-ring (bicyclic) bond motifs is 1. The lowest BCUT2D eigenvalue weighted by molar-refractivity contribution is -0.361. The summed E-state index contributed by atoms with van der Waals surface area (Å²) in [5, 5.41) is 2.75. The minimum absolute atomic E-state index is 0.201. The fourth-order valence-electron chi connectivity index (χ4n) is 1.94. The number of aromatic nitrogens is 1. The highest BCUT2D eigenvalue weighted by molar-refractivity contribution is 6.01. The number of aromatic amines is 1. The third-order valence-electron chi connectivity index (χ3n) is 3.05. The number of anilines is 1. The summed E-state index contributed by atoms with van der Waals surface area (Å²) in [6, 6.07) is 9.28. The van der Waals surface area contributed by atoms with Crippen LogP contribution < -0.4 is 19.8 Å². The summed E-state index contributed by atoms with van der Waals surface area (Å²) in [6.45, 7) is 2.22. The first-order valence-electron chi connectivity index (χ1n) is 6.58. The number of H-pyrrole nitrogens is 1. The molecule has 0 fully saturated rings. The lowest BCUT2D eigenvalue weighted by Crippen LogP contribution is -2.17. The zero-order valence-electron chi connectivity index (χ0n) is 11.6. The average Bonchev–Trinajstić information content (AvgIpc) is 2.95. The van der Waals surface area contributed by atoms with Crippen molar-refractivity contribution in [3.05, 3.63) is 53.7 Å². The van der Waals surface area contributed by atoms with Gasteiger partial charge < -0.3 is 9.47 Å². The molecule has 0 aliphatic carbocycles. The number of hydrogen-bond acceptors (Lipinski definition) is 3. The highest BCUT2D eigenvalue weighted by atomic mass is 16.7. The second-order valence-corrected chi connectivity index (χ2v) is 4.71. The molecule has 1 amide bonds. The second kappa shape index (κ2) is 5.66. The molecule has 1 aromatic heterocycles. The highest BCUT2D eigenvalue weighted by Gasteiger charge is 2.12. The van der Waals surface area contributed by atoms with E-state index in [1.54, 1.807) is 6.08 Å². The van der Waals surface area contributed by atoms with Gasteiger partial charge in [0, 0.05) is 12.1 Å². The first kappa shape index (κ1) is 13.2. The van der Waals surface area contributed by atoms with Crippen LogP contribution in [-0.4, -0.2) is 12.7 Å². The standard InChI is InChI=1S/C16H14N2O3/c1-11-2-6-15(17-9-11)18-16(19)7-4-12-3-5-13-14(8-12)21-10-20-13/h2-9H,10H2,1H3,(H,17,18,19)/p+1. The van der Waals surface area contributed by atoms with Gasteiger partial charge in [0.2, 0.25) is 6.79 Å². The molecule has 0 saturated heterocycles. The number of nitrogens with one attached hydrogen (secondary N) is 2. The lowest BCUT2D eigenvalue weighted by Gasteiger charge is -1.97. The fraction of sp³-hybridized carbons (Fsp3) is 0.125. The summed E-state index contributed by atoms with van der Waals surface area (Å²) in [7, 11) is 0. The van der Waals surface area contributed by atoms with Gasteiger partial charge >= 0.3 is 5.91 Å². The molecule has 3 rings (SSSR count). The highest BCUT2D eigenvalue weighted by Crippen LogP contribution is 2.32. The predicted octanol–water partition coefficient (Wildman–Crippen LogP) is 2.19. The molecule has 0 spiro atoms. The van der Waals surface area contributed by atoms with Gasteiger partial charge in [-0.3, -0.25) is 0 Å². The average molecular weight is 283 g/mol. The van der Waals surface area contributed by atoms with Gasteiger partial charge in [-0.1, -0.05) is 6.07 Å². The molecule has 2 N–H and O–H groups in total. The van der Waals surface area contributed by atoms with Crippen LogP contribution in [-0.2, 0) is 4.79 Å². The minimum Gasteiger partial charge on any atom is -0.454 e. The molecule has 1 aromatic carbocycles. The first-order valence-corrected chi connectivity index (χ1v) is 6.58. The van der Waals surface area contributed by atoms with E-state index in [1.807, 2.05) is 43.5 Å². The van der Waals surface area contributed by atoms with E-state index < -0.39 is 0 Å². The molecule has 2 heterocycles. The quantitative estimate of drug-likeness (QED) is 0.878. The molecule has 0 atom stereocenters. The van der Waals surface area contributed by atoms with E-state index in [1.165, 1.54) is 6.08 Å². The third kappa shape index (κ3) is 3.20. The molecular formula is C16H15N2O3+. The van der Waals surface area contributed by atoms with Crippen molar-refractivity contribution in [1.82, 2.24) is 0 Å². The van der Waals surface area contributed by atoms with Gasteiger partial charge in [0.05, 0.1) is 6.20 Å². The molecule has 0 bridgehead atoms. The molecule has 106 valence electrons. The Morgan fingerprint density at radius 3 is 2.90 bits per heavy atom. The molecule has 0 radical (unpaired) electrons. The molecule has 0 saturated carbocycles. The van der Waals surface area contributed by atoms with Crippen molar-refractivity contribution in [3.8, 4) is 11.5 Å². The van der Waals surface area contributed by atoms with E-state index in [4.69, 9.17) is 9.47 Å². The van der Waals surface area contributed by atoms with Crippen LogP contribution >= 0.6 is 0 Å². The van der Waals surface area contributed by atoms with Crippen LogP contribution in [0.2, 0.25) is 0 Å². The molecular weight excluding hydrogens is 268 g/mol. The Labute approximate surface area is 122 Å². The fourth-order valence-corrected chi connectivity index (χ4v) is 1.94. The van der Waals surface area contributed by atoms with E-state index in [9.17, 15) is 4.79 Å². The van der Waals surface area contributed by atoms with Crippen LogP contribution in [0.4, 0.5) is 5.82 Å². The number of pyridine rings is 1. The van der Waals surface area contributed by atoms with Crippen LogP contribution in [0.25, 0.3) is 6.08 Å². The third-order valence-corrected chi connectivity index (χ3v) is 3.05. The van der Waals surface area contributed by atoms with Crippen molar-refractivity contribution >= 4 is 17.8 Å². The van der Waals surface area contributed by atoms with Gasteiger partial charge in [-0.15, -0.1) is 0 Å². The van der Waals surface area contributed by atoms with E-state index in [2.05, 4.69) is 10.3 Å². The maximum atomic E-state index is 11.8. The van der Waals surface area contributed by atoms with E-state index in [-0.39, 0.29) is 12.7 Å². The minimum atomic E-state index is -0.201. The van der Waals surface area contributed by atoms with Crippen LogP contribution in [0, 0.1) is 6.92 Å². The predicted molar refractivity (Wildman–Crippen MR) is 78.0 cm³/mol. The van der Waals surface area contributed by atoms with Gasteiger partial charge in [-0.2, -0.15) is 0 Å². The Balaban J connectivity index is 1.65. The maximum absolute atomic E-state index is 11.8. The Morgan fingerprint density at radius 1 is 1.24 bits per heavy atom. The normalized spacial score (nSPS) is 12.6. The van der Waals surface area contributed by atoms with Crippen LogP contribution in [0.15, 0.2) is 42.6 Å². The molecule has 1 aliphatic heterocycles. The number of hydrogen-bond donors (Lipinski definition) is 1. The van der Waals surface area contributed by atoms with Crippen LogP contribution in [0.5, 0.6) is 11.5 Å². The SMILES string of the molecule is Cc1ccc(NC(=O)C=Cc2ccc3c(c2)OCO3)[nH+]c1. The van der Waals surface area contributed by atoms with E-state index in [0.29, 0.717) is 11.6 Å². The molecule has 1 aliphatic rings. The smallest absolute Gasteiger partial charge is 0.331 e. The van der Waals surface area contributed by atoms with Crippen molar-refractivity contribution in [2.24, 2.45) is 0 Å². The number of carbonyl (C=O) groups excluding carboxylic acids is 1. The Morgan fingerprint density at radius 2 is 2.10 bits per heavy atom. The summed E-state index contributed by atoms with van der Waals surface area (Å²) < 4.78 is 10.5. The largest absolute Gasteiger partial charge is 0.454 e. The van der Waals surface area contributed by atoms with Crippen LogP contribution in [0.1, 0.15) is 11.1 Å². The lowest BCUT2D eigenvalue weighted by atomic mass is 10.2. The van der Waals surface area contributed by atoms with Crippen molar-refractivity contribution in [2.75, 3.05) is 12.1 Å². The number of amides is 1. The molecule has 5 nitrogen and oxygen atoms in total. The van der Waals surface area contributed by atoms with Gasteiger partial charge in [0.1, 0.15) is 0 Å². The number of ether oxygens (including phenoxy) is 2. The topological polar surface area (TPSA) is 61.7 Å². The summed E-state index contributed by atoms with van der Waals surface area (Å²) in [4.78, 5) is 14.8. The maximum Gasteiger partial charge on any atom is 0.331 e. The zero-order chi connectivity index (χ0) is 14.7. The van der Waals surface area contributed by atoms with E-state index >= 15 is 0 Å². The number of aryl methyl sites for hydroxylation is 1. The Kier molecular flexibility index (Phi) is 3.55.